The fourth-order valence-electron chi connectivity index (χ4n) is 0.479. The van der Waals surface area contributed by atoms with Crippen molar-refractivity contribution in [2.75, 3.05) is 6.61 Å². The lowest BCUT2D eigenvalue weighted by Gasteiger charge is -2.18. The Morgan fingerprint density at radius 2 is 1.92 bits per heavy atom. The maximum absolute atomic E-state index is 5.67. The molecule has 0 aromatic rings. The van der Waals surface area contributed by atoms with Crippen LogP contribution in [0.25, 0.3) is 0 Å². The molecule has 0 heterocycles. The van der Waals surface area contributed by atoms with Crippen molar-refractivity contribution in [1.29, 1.82) is 0 Å². The lowest BCUT2D eigenvalue weighted by molar-refractivity contribution is 0.159. The van der Waals surface area contributed by atoms with Crippen molar-refractivity contribution in [3.63, 3.8) is 0 Å². The van der Waals surface area contributed by atoms with Crippen LogP contribution in [-0.4, -0.2) is 12.1 Å². The minimum atomic E-state index is -0.408. The zero-order valence-electron chi connectivity index (χ0n) is 7.88. The Morgan fingerprint density at radius 1 is 1.38 bits per heavy atom. The van der Waals surface area contributed by atoms with Gasteiger partial charge in [0.2, 0.25) is 0 Å². The molecule has 0 unspecified atom stereocenters. The van der Waals surface area contributed by atoms with E-state index in [9.17, 15) is 0 Å². The van der Waals surface area contributed by atoms with Crippen LogP contribution in [-0.2, 0) is 4.74 Å². The summed E-state index contributed by atoms with van der Waals surface area (Å²) in [6, 6.07) is 0. The van der Waals surface area contributed by atoms with Gasteiger partial charge >= 0.3 is 0 Å². The molecule has 4 nitrogen and oxygen atoms in total. The number of halogens is 1. The third-order valence-corrected chi connectivity index (χ3v) is 1.14. The Morgan fingerprint density at radius 3 is 2.31 bits per heavy atom. The number of hydrogen-bond acceptors (Lipinski definition) is 4. The first-order valence-corrected chi connectivity index (χ1v) is 4.19. The van der Waals surface area contributed by atoms with Gasteiger partial charge < -0.3 is 21.9 Å². The molecule has 0 saturated carbocycles. The van der Waals surface area contributed by atoms with Crippen LogP contribution in [0.15, 0.2) is 23.2 Å². The predicted molar refractivity (Wildman–Crippen MR) is 54.6 cm³/mol. The van der Waals surface area contributed by atoms with Gasteiger partial charge in [-0.2, -0.15) is 0 Å². The lowest BCUT2D eigenvalue weighted by Crippen LogP contribution is -2.37. The molecule has 0 aliphatic carbocycles. The van der Waals surface area contributed by atoms with Crippen molar-refractivity contribution in [2.24, 2.45) is 17.2 Å². The number of rotatable bonds is 4. The molecule has 0 radical (unpaired) electrons. The van der Waals surface area contributed by atoms with E-state index >= 15 is 0 Å². The molecule has 0 aromatic carbocycles. The van der Waals surface area contributed by atoms with Crippen LogP contribution in [0.1, 0.15) is 13.8 Å². The second-order valence-corrected chi connectivity index (χ2v) is 3.83. The Labute approximate surface area is 83.4 Å². The number of nitrogens with two attached hydrogens (primary N) is 3. The molecule has 0 aromatic heterocycles. The van der Waals surface area contributed by atoms with Crippen LogP contribution >= 0.6 is 11.6 Å². The summed E-state index contributed by atoms with van der Waals surface area (Å²) < 4.78 is 5.11. The monoisotopic (exact) mass is 205 g/mol. The van der Waals surface area contributed by atoms with E-state index in [1.54, 1.807) is 0 Å². The summed E-state index contributed by atoms with van der Waals surface area (Å²) in [5.41, 5.74) is 15.9. The Kier molecular flexibility index (Phi) is 4.66. The summed E-state index contributed by atoms with van der Waals surface area (Å²) in [4.78, 5) is 0. The van der Waals surface area contributed by atoms with Crippen LogP contribution in [0.2, 0.25) is 0 Å². The van der Waals surface area contributed by atoms with E-state index < -0.39 is 5.54 Å². The van der Waals surface area contributed by atoms with Crippen molar-refractivity contribution in [2.45, 2.75) is 19.4 Å². The zero-order chi connectivity index (χ0) is 10.5. The first kappa shape index (κ1) is 12.1. The molecule has 0 rings (SSSR count). The topological polar surface area (TPSA) is 87.3 Å². The maximum Gasteiger partial charge on any atom is 0.184 e. The Bertz CT molecular complexity index is 214. The first-order chi connectivity index (χ1) is 5.81. The smallest absolute Gasteiger partial charge is 0.184 e. The van der Waals surface area contributed by atoms with E-state index in [1.165, 1.54) is 12.2 Å². The van der Waals surface area contributed by atoms with Gasteiger partial charge in [-0.3, -0.25) is 0 Å². The Hall–Kier alpha value is -0.870. The van der Waals surface area contributed by atoms with Crippen LogP contribution in [0.4, 0.5) is 0 Å². The van der Waals surface area contributed by atoms with Gasteiger partial charge in [-0.25, -0.2) is 0 Å². The third kappa shape index (κ3) is 9.04. The van der Waals surface area contributed by atoms with Gasteiger partial charge in [0.25, 0.3) is 0 Å². The van der Waals surface area contributed by atoms with E-state index in [4.69, 9.17) is 33.5 Å². The van der Waals surface area contributed by atoms with E-state index in [0.29, 0.717) is 6.61 Å². The van der Waals surface area contributed by atoms with Gasteiger partial charge in [0.1, 0.15) is 6.61 Å². The number of hydrogen-bond donors (Lipinski definition) is 3. The van der Waals surface area contributed by atoms with Crippen LogP contribution in [0.5, 0.6) is 0 Å². The highest BCUT2D eigenvalue weighted by molar-refractivity contribution is 6.29. The van der Waals surface area contributed by atoms with Crippen LogP contribution in [0.3, 0.4) is 0 Å². The van der Waals surface area contributed by atoms with Crippen LogP contribution in [0, 0.1) is 0 Å². The Balaban J connectivity index is 3.95. The molecule has 6 N–H and O–H groups in total. The van der Waals surface area contributed by atoms with Crippen molar-refractivity contribution in [3.8, 4) is 0 Å². The molecule has 13 heavy (non-hydrogen) atoms. The zero-order valence-corrected chi connectivity index (χ0v) is 8.64. The molecule has 76 valence electrons. The SMILES string of the molecule is CC(C)(N)CO/C(N)=C/C=C(\N)Cl. The van der Waals surface area contributed by atoms with E-state index in [-0.39, 0.29) is 11.0 Å². The molecule has 0 aliphatic heterocycles. The summed E-state index contributed by atoms with van der Waals surface area (Å²) >= 11 is 5.37. The maximum atomic E-state index is 5.67. The second kappa shape index (κ2) is 4.99. The average molecular weight is 206 g/mol. The molecular weight excluding hydrogens is 190 g/mol. The van der Waals surface area contributed by atoms with Gasteiger partial charge in [0.15, 0.2) is 5.88 Å². The van der Waals surface area contributed by atoms with Crippen molar-refractivity contribution < 1.29 is 4.74 Å². The summed E-state index contributed by atoms with van der Waals surface area (Å²) in [7, 11) is 0. The minimum absolute atomic E-state index is 0.151. The summed E-state index contributed by atoms with van der Waals surface area (Å²) in [6.45, 7) is 4.02. The first-order valence-electron chi connectivity index (χ1n) is 3.81. The number of ether oxygens (including phenoxy) is 1. The summed E-state index contributed by atoms with van der Waals surface area (Å²) in [6.07, 6.45) is 2.93. The molecule has 5 heteroatoms. The normalized spacial score (nSPS) is 14.5. The second-order valence-electron chi connectivity index (χ2n) is 3.40. The fraction of sp³-hybridized carbons (Fsp3) is 0.500. The lowest BCUT2D eigenvalue weighted by atomic mass is 10.1. The number of allylic oxidation sites excluding steroid dienone is 2. The van der Waals surface area contributed by atoms with E-state index in [2.05, 4.69) is 0 Å². The molecule has 0 spiro atoms. The molecule has 0 atom stereocenters. The van der Waals surface area contributed by atoms with Gasteiger partial charge in [0, 0.05) is 11.6 Å². The van der Waals surface area contributed by atoms with Gasteiger partial charge in [0.05, 0.1) is 5.16 Å². The van der Waals surface area contributed by atoms with Crippen molar-refractivity contribution >= 4 is 11.6 Å². The highest BCUT2D eigenvalue weighted by Gasteiger charge is 2.10. The highest BCUT2D eigenvalue weighted by atomic mass is 35.5. The van der Waals surface area contributed by atoms with Gasteiger partial charge in [-0.15, -0.1) is 0 Å². The standard InChI is InChI=1S/C8H16ClN3O/c1-8(2,12)5-13-7(11)4-3-6(9)10/h3-4H,5,10-12H2,1-2H3/b6-3-,7-4+. The molecule has 0 fully saturated rings. The quantitative estimate of drug-likeness (QED) is 0.356. The fourth-order valence-corrected chi connectivity index (χ4v) is 0.542. The van der Waals surface area contributed by atoms with Gasteiger partial charge in [-0.05, 0) is 19.9 Å². The summed E-state index contributed by atoms with van der Waals surface area (Å²) in [5.74, 6) is 0.238. The van der Waals surface area contributed by atoms with E-state index in [1.807, 2.05) is 13.8 Å². The molecular formula is C8H16ClN3O. The molecule has 0 bridgehead atoms. The largest absolute Gasteiger partial charge is 0.477 e. The van der Waals surface area contributed by atoms with Crippen molar-refractivity contribution in [3.05, 3.63) is 23.2 Å². The van der Waals surface area contributed by atoms with Crippen molar-refractivity contribution in [1.82, 2.24) is 0 Å². The summed E-state index contributed by atoms with van der Waals surface area (Å²) in [5, 5.41) is 0.151. The molecule has 0 aliphatic rings. The third-order valence-electron chi connectivity index (χ3n) is 1.02. The van der Waals surface area contributed by atoms with Gasteiger partial charge in [-0.1, -0.05) is 11.6 Å². The highest BCUT2D eigenvalue weighted by Crippen LogP contribution is 2.00. The average Bonchev–Trinajstić information content (AvgIpc) is 1.95. The molecule has 0 saturated heterocycles. The van der Waals surface area contributed by atoms with Crippen LogP contribution < -0.4 is 17.2 Å². The molecule has 0 amide bonds. The van der Waals surface area contributed by atoms with E-state index in [0.717, 1.165) is 0 Å². The minimum Gasteiger partial charge on any atom is -0.477 e. The predicted octanol–water partition coefficient (Wildman–Crippen LogP) is 0.579.